The fourth-order valence-corrected chi connectivity index (χ4v) is 1.12. The molecule has 0 unspecified atom stereocenters. The molecule has 1 rings (SSSR count). The highest BCUT2D eigenvalue weighted by Gasteiger charge is 2.12. The van der Waals surface area contributed by atoms with Crippen molar-refractivity contribution in [3.8, 4) is 0 Å². The number of pyridine rings is 1. The maximum absolute atomic E-state index is 11.4. The van der Waals surface area contributed by atoms with Crippen LogP contribution in [-0.4, -0.2) is 16.8 Å². The highest BCUT2D eigenvalue weighted by Crippen LogP contribution is 2.16. The van der Waals surface area contributed by atoms with E-state index in [4.69, 9.17) is 23.2 Å². The second-order valence-corrected chi connectivity index (χ2v) is 3.39. The molecule has 0 fully saturated rings. The average molecular weight is 248 g/mol. The fourth-order valence-electron chi connectivity index (χ4n) is 0.782. The highest BCUT2D eigenvalue weighted by atomic mass is 35.5. The first-order valence-electron chi connectivity index (χ1n) is 3.89. The van der Waals surface area contributed by atoms with Crippen molar-refractivity contribution in [3.63, 3.8) is 0 Å². The first-order valence-corrected chi connectivity index (χ1v) is 4.65. The van der Waals surface area contributed by atoms with E-state index in [1.54, 1.807) is 0 Å². The Kier molecular flexibility index (Phi) is 3.88. The SMILES string of the molecule is CC(=O)NNC(=O)c1nc(Cl)ccc1Cl. The third kappa shape index (κ3) is 3.38. The smallest absolute Gasteiger partial charge is 0.274 e. The average Bonchev–Trinajstić information content (AvgIpc) is 2.18. The van der Waals surface area contributed by atoms with Gasteiger partial charge in [0, 0.05) is 6.92 Å². The third-order valence-electron chi connectivity index (χ3n) is 1.38. The molecule has 0 bridgehead atoms. The molecule has 5 nitrogen and oxygen atoms in total. The molecule has 0 atom stereocenters. The van der Waals surface area contributed by atoms with Crippen molar-refractivity contribution in [1.29, 1.82) is 0 Å². The van der Waals surface area contributed by atoms with E-state index in [2.05, 4.69) is 15.8 Å². The normalized spacial score (nSPS) is 9.53. The quantitative estimate of drug-likeness (QED) is 0.578. The van der Waals surface area contributed by atoms with Crippen LogP contribution in [0.25, 0.3) is 0 Å². The fraction of sp³-hybridized carbons (Fsp3) is 0.125. The number of hydrogen-bond donors (Lipinski definition) is 2. The highest BCUT2D eigenvalue weighted by molar-refractivity contribution is 6.34. The number of carbonyl (C=O) groups is 2. The van der Waals surface area contributed by atoms with E-state index in [0.717, 1.165) is 0 Å². The monoisotopic (exact) mass is 247 g/mol. The first-order chi connectivity index (χ1) is 7.00. The maximum atomic E-state index is 11.4. The molecule has 1 heterocycles. The van der Waals surface area contributed by atoms with Crippen molar-refractivity contribution in [2.45, 2.75) is 6.92 Å². The molecule has 1 aromatic rings. The largest absolute Gasteiger partial charge is 0.289 e. The van der Waals surface area contributed by atoms with Gasteiger partial charge in [-0.3, -0.25) is 20.4 Å². The van der Waals surface area contributed by atoms with Gasteiger partial charge < -0.3 is 0 Å². The maximum Gasteiger partial charge on any atom is 0.289 e. The number of hydrazine groups is 1. The summed E-state index contributed by atoms with van der Waals surface area (Å²) in [5, 5.41) is 0.301. The van der Waals surface area contributed by atoms with Crippen LogP contribution in [0.1, 0.15) is 17.4 Å². The minimum Gasteiger partial charge on any atom is -0.274 e. The van der Waals surface area contributed by atoms with Gasteiger partial charge in [0.15, 0.2) is 0 Å². The predicted molar refractivity (Wildman–Crippen MR) is 55.5 cm³/mol. The van der Waals surface area contributed by atoms with Gasteiger partial charge in [-0.25, -0.2) is 4.98 Å². The molecule has 0 aromatic carbocycles. The lowest BCUT2D eigenvalue weighted by molar-refractivity contribution is -0.119. The molecule has 0 saturated carbocycles. The van der Waals surface area contributed by atoms with Gasteiger partial charge in [-0.05, 0) is 12.1 Å². The molecule has 0 radical (unpaired) electrons. The van der Waals surface area contributed by atoms with Crippen LogP contribution in [0.4, 0.5) is 0 Å². The van der Waals surface area contributed by atoms with Crippen molar-refractivity contribution in [2.24, 2.45) is 0 Å². The topological polar surface area (TPSA) is 71.1 Å². The van der Waals surface area contributed by atoms with Crippen LogP contribution in [0.3, 0.4) is 0 Å². The predicted octanol–water partition coefficient (Wildman–Crippen LogP) is 1.17. The van der Waals surface area contributed by atoms with E-state index in [-0.39, 0.29) is 15.9 Å². The van der Waals surface area contributed by atoms with E-state index in [1.165, 1.54) is 19.1 Å². The number of carbonyl (C=O) groups excluding carboxylic acids is 2. The van der Waals surface area contributed by atoms with Crippen molar-refractivity contribution in [2.75, 3.05) is 0 Å². The number of hydrogen-bond acceptors (Lipinski definition) is 3. The molecule has 0 spiro atoms. The molecule has 2 N–H and O–H groups in total. The van der Waals surface area contributed by atoms with Crippen molar-refractivity contribution in [3.05, 3.63) is 28.0 Å². The number of halogens is 2. The number of aromatic nitrogens is 1. The van der Waals surface area contributed by atoms with Crippen LogP contribution in [0.15, 0.2) is 12.1 Å². The molecule has 15 heavy (non-hydrogen) atoms. The molecule has 7 heteroatoms. The van der Waals surface area contributed by atoms with Gasteiger partial charge in [-0.1, -0.05) is 23.2 Å². The third-order valence-corrected chi connectivity index (χ3v) is 1.89. The summed E-state index contributed by atoms with van der Waals surface area (Å²) in [6, 6.07) is 2.90. The summed E-state index contributed by atoms with van der Waals surface area (Å²) in [6.07, 6.45) is 0. The Balaban J connectivity index is 2.81. The van der Waals surface area contributed by atoms with Gasteiger partial charge in [-0.15, -0.1) is 0 Å². The second kappa shape index (κ2) is 4.95. The molecule has 0 aliphatic heterocycles. The van der Waals surface area contributed by atoms with Crippen molar-refractivity contribution >= 4 is 35.0 Å². The van der Waals surface area contributed by atoms with Crippen LogP contribution in [0, 0.1) is 0 Å². The minimum atomic E-state index is -0.627. The summed E-state index contributed by atoms with van der Waals surface area (Å²) in [6.45, 7) is 1.26. The molecular formula is C8H7Cl2N3O2. The standard InChI is InChI=1S/C8H7Cl2N3O2/c1-4(14)12-13-8(15)7-5(9)2-3-6(10)11-7/h2-3H,1H3,(H,12,14)(H,13,15). The van der Waals surface area contributed by atoms with Crippen molar-refractivity contribution < 1.29 is 9.59 Å². The molecule has 1 aromatic heterocycles. The molecule has 80 valence electrons. The lowest BCUT2D eigenvalue weighted by Crippen LogP contribution is -2.40. The van der Waals surface area contributed by atoms with E-state index >= 15 is 0 Å². The van der Waals surface area contributed by atoms with Gasteiger partial charge >= 0.3 is 0 Å². The van der Waals surface area contributed by atoms with Gasteiger partial charge in [0.2, 0.25) is 5.91 Å². The number of nitrogens with zero attached hydrogens (tertiary/aromatic N) is 1. The summed E-state index contributed by atoms with van der Waals surface area (Å²) in [5.74, 6) is -1.03. The summed E-state index contributed by atoms with van der Waals surface area (Å²) in [5.41, 5.74) is 4.19. The van der Waals surface area contributed by atoms with Crippen LogP contribution < -0.4 is 10.9 Å². The molecule has 0 aliphatic rings. The number of rotatable bonds is 1. The Hall–Kier alpha value is -1.33. The van der Waals surface area contributed by atoms with Crippen LogP contribution in [0.2, 0.25) is 10.2 Å². The van der Waals surface area contributed by atoms with Crippen LogP contribution in [0.5, 0.6) is 0 Å². The second-order valence-electron chi connectivity index (χ2n) is 2.60. The van der Waals surface area contributed by atoms with E-state index in [9.17, 15) is 9.59 Å². The zero-order chi connectivity index (χ0) is 11.4. The van der Waals surface area contributed by atoms with Crippen molar-refractivity contribution in [1.82, 2.24) is 15.8 Å². The first kappa shape index (κ1) is 11.7. The Bertz CT molecular complexity index is 409. The molecule has 0 aliphatic carbocycles. The summed E-state index contributed by atoms with van der Waals surface area (Å²) in [4.78, 5) is 25.6. The van der Waals surface area contributed by atoms with Gasteiger partial charge in [-0.2, -0.15) is 0 Å². The zero-order valence-corrected chi connectivity index (χ0v) is 9.19. The van der Waals surface area contributed by atoms with Gasteiger partial charge in [0.05, 0.1) is 5.02 Å². The lowest BCUT2D eigenvalue weighted by atomic mass is 10.3. The Morgan fingerprint density at radius 1 is 1.27 bits per heavy atom. The van der Waals surface area contributed by atoms with E-state index in [1.807, 2.05) is 0 Å². The summed E-state index contributed by atoms with van der Waals surface area (Å²) < 4.78 is 0. The van der Waals surface area contributed by atoms with Crippen LogP contribution in [-0.2, 0) is 4.79 Å². The van der Waals surface area contributed by atoms with E-state index in [0.29, 0.717) is 0 Å². The molecular weight excluding hydrogens is 241 g/mol. The minimum absolute atomic E-state index is 0.0436. The Morgan fingerprint density at radius 2 is 1.93 bits per heavy atom. The number of nitrogens with one attached hydrogen (secondary N) is 2. The Labute approximate surface area is 95.7 Å². The molecule has 2 amide bonds. The molecule has 0 saturated heterocycles. The number of amides is 2. The lowest BCUT2D eigenvalue weighted by Gasteiger charge is -2.05. The summed E-state index contributed by atoms with van der Waals surface area (Å²) in [7, 11) is 0. The summed E-state index contributed by atoms with van der Waals surface area (Å²) >= 11 is 11.3. The Morgan fingerprint density at radius 3 is 2.53 bits per heavy atom. The van der Waals surface area contributed by atoms with Gasteiger partial charge in [0.1, 0.15) is 10.8 Å². The van der Waals surface area contributed by atoms with Crippen LogP contribution >= 0.6 is 23.2 Å². The van der Waals surface area contributed by atoms with Gasteiger partial charge in [0.25, 0.3) is 5.91 Å². The van der Waals surface area contributed by atoms with E-state index < -0.39 is 11.8 Å². The zero-order valence-electron chi connectivity index (χ0n) is 7.67.